The Labute approximate surface area is 109 Å². The average Bonchev–Trinajstić information content (AvgIpc) is 2.40. The van der Waals surface area contributed by atoms with Crippen molar-refractivity contribution in [2.24, 2.45) is 0 Å². The van der Waals surface area contributed by atoms with Crippen molar-refractivity contribution in [3.63, 3.8) is 0 Å². The number of hydrogen-bond acceptors (Lipinski definition) is 4. The van der Waals surface area contributed by atoms with Crippen molar-refractivity contribution in [3.05, 3.63) is 23.9 Å². The van der Waals surface area contributed by atoms with Gasteiger partial charge in [0.1, 0.15) is 0 Å². The van der Waals surface area contributed by atoms with Gasteiger partial charge in [0.25, 0.3) is 0 Å². The van der Waals surface area contributed by atoms with E-state index in [-0.39, 0.29) is 0 Å². The standard InChI is InChI=1S/C14H23N3O/c1-17(10-12-6-3-4-9-15-12)11-13-7-5-8-14(16-13)18-2/h5,7-8,12,15H,3-4,6,9-11H2,1-2H3. The van der Waals surface area contributed by atoms with E-state index in [9.17, 15) is 0 Å². The van der Waals surface area contributed by atoms with Crippen LogP contribution >= 0.6 is 0 Å². The first-order valence-electron chi connectivity index (χ1n) is 6.70. The number of methoxy groups -OCH3 is 1. The van der Waals surface area contributed by atoms with Crippen LogP contribution in [0.5, 0.6) is 5.88 Å². The highest BCUT2D eigenvalue weighted by molar-refractivity contribution is 5.15. The molecular formula is C14H23N3O. The number of nitrogens with one attached hydrogen (secondary N) is 1. The van der Waals surface area contributed by atoms with Crippen molar-refractivity contribution < 1.29 is 4.74 Å². The summed E-state index contributed by atoms with van der Waals surface area (Å²) in [6.07, 6.45) is 3.95. The van der Waals surface area contributed by atoms with Crippen LogP contribution in [0, 0.1) is 0 Å². The third-order valence-corrected chi connectivity index (χ3v) is 3.37. The summed E-state index contributed by atoms with van der Waals surface area (Å²) in [5, 5.41) is 3.57. The Morgan fingerprint density at radius 3 is 3.06 bits per heavy atom. The minimum absolute atomic E-state index is 0.634. The van der Waals surface area contributed by atoms with E-state index in [0.29, 0.717) is 11.9 Å². The molecule has 0 saturated carbocycles. The molecule has 4 nitrogen and oxygen atoms in total. The summed E-state index contributed by atoms with van der Waals surface area (Å²) in [5.74, 6) is 0.691. The molecule has 0 aromatic carbocycles. The normalized spacial score (nSPS) is 20.1. The monoisotopic (exact) mass is 249 g/mol. The number of ether oxygens (including phenoxy) is 1. The van der Waals surface area contributed by atoms with Crippen molar-refractivity contribution in [2.45, 2.75) is 31.8 Å². The van der Waals surface area contributed by atoms with Crippen molar-refractivity contribution in [2.75, 3.05) is 27.2 Å². The molecule has 2 rings (SSSR count). The molecule has 1 aliphatic heterocycles. The molecular weight excluding hydrogens is 226 g/mol. The lowest BCUT2D eigenvalue weighted by Gasteiger charge is -2.28. The fourth-order valence-corrected chi connectivity index (χ4v) is 2.46. The van der Waals surface area contributed by atoms with Gasteiger partial charge >= 0.3 is 0 Å². The molecule has 0 bridgehead atoms. The van der Waals surface area contributed by atoms with Crippen LogP contribution in [-0.4, -0.2) is 43.2 Å². The lowest BCUT2D eigenvalue weighted by atomic mass is 10.0. The fraction of sp³-hybridized carbons (Fsp3) is 0.643. The first-order chi connectivity index (χ1) is 8.78. The van der Waals surface area contributed by atoms with Gasteiger partial charge in [-0.2, -0.15) is 0 Å². The fourth-order valence-electron chi connectivity index (χ4n) is 2.46. The molecule has 2 heterocycles. The van der Waals surface area contributed by atoms with Gasteiger partial charge in [-0.05, 0) is 32.5 Å². The lowest BCUT2D eigenvalue weighted by molar-refractivity contribution is 0.253. The Morgan fingerprint density at radius 1 is 1.44 bits per heavy atom. The van der Waals surface area contributed by atoms with Gasteiger partial charge in [0, 0.05) is 25.2 Å². The van der Waals surface area contributed by atoms with Crippen LogP contribution in [0.2, 0.25) is 0 Å². The summed E-state index contributed by atoms with van der Waals surface area (Å²) in [7, 11) is 3.80. The van der Waals surface area contributed by atoms with E-state index in [1.807, 2.05) is 18.2 Å². The Morgan fingerprint density at radius 2 is 2.33 bits per heavy atom. The van der Waals surface area contributed by atoms with Crippen LogP contribution in [0.25, 0.3) is 0 Å². The second-order valence-electron chi connectivity index (χ2n) is 5.01. The summed E-state index contributed by atoms with van der Waals surface area (Å²) in [5.41, 5.74) is 1.06. The summed E-state index contributed by atoms with van der Waals surface area (Å²) in [6, 6.07) is 6.56. The molecule has 1 saturated heterocycles. The summed E-state index contributed by atoms with van der Waals surface area (Å²) >= 11 is 0. The first kappa shape index (κ1) is 13.3. The second-order valence-corrected chi connectivity index (χ2v) is 5.01. The molecule has 1 fully saturated rings. The highest BCUT2D eigenvalue weighted by Crippen LogP contribution is 2.11. The van der Waals surface area contributed by atoms with Gasteiger partial charge in [-0.15, -0.1) is 0 Å². The predicted octanol–water partition coefficient (Wildman–Crippen LogP) is 1.66. The minimum atomic E-state index is 0.634. The quantitative estimate of drug-likeness (QED) is 0.861. The molecule has 100 valence electrons. The number of aromatic nitrogens is 1. The summed E-state index contributed by atoms with van der Waals surface area (Å²) < 4.78 is 5.14. The molecule has 0 spiro atoms. The van der Waals surface area contributed by atoms with Crippen LogP contribution < -0.4 is 10.1 Å². The Hall–Kier alpha value is -1.13. The van der Waals surface area contributed by atoms with E-state index in [4.69, 9.17) is 4.74 Å². The van der Waals surface area contributed by atoms with Gasteiger partial charge in [-0.25, -0.2) is 4.98 Å². The van der Waals surface area contributed by atoms with Gasteiger partial charge in [0.05, 0.1) is 12.8 Å². The number of hydrogen-bond donors (Lipinski definition) is 1. The maximum absolute atomic E-state index is 5.14. The van der Waals surface area contributed by atoms with Crippen molar-refractivity contribution in [3.8, 4) is 5.88 Å². The Kier molecular flexibility index (Phi) is 4.96. The smallest absolute Gasteiger partial charge is 0.213 e. The molecule has 18 heavy (non-hydrogen) atoms. The number of pyridine rings is 1. The molecule has 0 aliphatic carbocycles. The van der Waals surface area contributed by atoms with Crippen molar-refractivity contribution in [1.82, 2.24) is 15.2 Å². The summed E-state index contributed by atoms with van der Waals surface area (Å²) in [4.78, 5) is 6.76. The van der Waals surface area contributed by atoms with Gasteiger partial charge in [-0.3, -0.25) is 4.90 Å². The molecule has 1 atom stereocenters. The van der Waals surface area contributed by atoms with Crippen LogP contribution in [0.15, 0.2) is 18.2 Å². The van der Waals surface area contributed by atoms with E-state index in [0.717, 1.165) is 25.3 Å². The van der Waals surface area contributed by atoms with Crippen LogP contribution in [0.1, 0.15) is 25.0 Å². The highest BCUT2D eigenvalue weighted by Gasteiger charge is 2.14. The zero-order valence-electron chi connectivity index (χ0n) is 11.4. The molecule has 1 aromatic rings. The highest BCUT2D eigenvalue weighted by atomic mass is 16.5. The van der Waals surface area contributed by atoms with E-state index >= 15 is 0 Å². The predicted molar refractivity (Wildman–Crippen MR) is 72.8 cm³/mol. The first-order valence-corrected chi connectivity index (χ1v) is 6.70. The van der Waals surface area contributed by atoms with Gasteiger partial charge in [-0.1, -0.05) is 12.5 Å². The van der Waals surface area contributed by atoms with Crippen molar-refractivity contribution in [1.29, 1.82) is 0 Å². The largest absolute Gasteiger partial charge is 0.481 e. The zero-order chi connectivity index (χ0) is 12.8. The maximum Gasteiger partial charge on any atom is 0.213 e. The SMILES string of the molecule is COc1cccc(CN(C)CC2CCCCN2)n1. The second kappa shape index (κ2) is 6.71. The zero-order valence-corrected chi connectivity index (χ0v) is 11.4. The number of piperidine rings is 1. The number of rotatable bonds is 5. The van der Waals surface area contributed by atoms with E-state index in [1.165, 1.54) is 19.3 Å². The van der Waals surface area contributed by atoms with Gasteiger partial charge in [0.2, 0.25) is 5.88 Å². The lowest BCUT2D eigenvalue weighted by Crippen LogP contribution is -2.42. The van der Waals surface area contributed by atoms with Crippen molar-refractivity contribution >= 4 is 0 Å². The van der Waals surface area contributed by atoms with E-state index in [1.54, 1.807) is 7.11 Å². The third kappa shape index (κ3) is 3.96. The minimum Gasteiger partial charge on any atom is -0.481 e. The third-order valence-electron chi connectivity index (χ3n) is 3.37. The Balaban J connectivity index is 1.83. The number of nitrogens with zero attached hydrogens (tertiary/aromatic N) is 2. The van der Waals surface area contributed by atoms with Crippen LogP contribution in [0.3, 0.4) is 0 Å². The molecule has 1 N–H and O–H groups in total. The van der Waals surface area contributed by atoms with Crippen LogP contribution in [-0.2, 0) is 6.54 Å². The van der Waals surface area contributed by atoms with E-state index < -0.39 is 0 Å². The molecule has 4 heteroatoms. The molecule has 0 radical (unpaired) electrons. The maximum atomic E-state index is 5.14. The van der Waals surface area contributed by atoms with Crippen LogP contribution in [0.4, 0.5) is 0 Å². The topological polar surface area (TPSA) is 37.4 Å². The molecule has 1 aromatic heterocycles. The molecule has 1 unspecified atom stereocenters. The number of likely N-dealkylation sites (N-methyl/N-ethyl adjacent to an activating group) is 1. The Bertz CT molecular complexity index is 364. The van der Waals surface area contributed by atoms with Gasteiger partial charge in [0.15, 0.2) is 0 Å². The van der Waals surface area contributed by atoms with E-state index in [2.05, 4.69) is 22.2 Å². The summed E-state index contributed by atoms with van der Waals surface area (Å²) in [6.45, 7) is 3.12. The average molecular weight is 249 g/mol. The molecule has 0 amide bonds. The molecule has 1 aliphatic rings. The van der Waals surface area contributed by atoms with Gasteiger partial charge < -0.3 is 10.1 Å².